The first kappa shape index (κ1) is 22.6. The summed E-state index contributed by atoms with van der Waals surface area (Å²) in [5.41, 5.74) is 3.20. The molecule has 1 atom stereocenters. The van der Waals surface area contributed by atoms with E-state index in [0.717, 1.165) is 29.6 Å². The molecular formula is C25H30N4O4. The summed E-state index contributed by atoms with van der Waals surface area (Å²) in [6.45, 7) is 5.21. The fraction of sp³-hybridized carbons (Fsp3) is 0.400. The SMILES string of the molecule is COc1cc(C)[nH]c(=O)c1CNC(=O)c1c(C)n(CC2CCN(C)C(=O)C2)c2ccccc12. The maximum Gasteiger partial charge on any atom is 0.256 e. The van der Waals surface area contributed by atoms with E-state index in [0.29, 0.717) is 35.5 Å². The van der Waals surface area contributed by atoms with E-state index in [1.54, 1.807) is 17.9 Å². The van der Waals surface area contributed by atoms with Crippen molar-refractivity contribution in [1.82, 2.24) is 19.8 Å². The van der Waals surface area contributed by atoms with Crippen LogP contribution in [0.1, 0.15) is 40.2 Å². The van der Waals surface area contributed by atoms with Crippen molar-refractivity contribution >= 4 is 22.7 Å². The van der Waals surface area contributed by atoms with Crippen molar-refractivity contribution in [2.24, 2.45) is 5.92 Å². The van der Waals surface area contributed by atoms with Crippen LogP contribution in [0.15, 0.2) is 35.1 Å². The van der Waals surface area contributed by atoms with Gasteiger partial charge in [-0.3, -0.25) is 14.4 Å². The zero-order chi connectivity index (χ0) is 23.7. The Morgan fingerprint density at radius 2 is 2.00 bits per heavy atom. The third-order valence-electron chi connectivity index (χ3n) is 6.54. The van der Waals surface area contributed by atoms with Gasteiger partial charge in [-0.05, 0) is 38.3 Å². The molecule has 2 amide bonds. The van der Waals surface area contributed by atoms with Gasteiger partial charge in [-0.15, -0.1) is 0 Å². The fourth-order valence-electron chi connectivity index (χ4n) is 4.67. The fourth-order valence-corrected chi connectivity index (χ4v) is 4.67. The first-order valence-corrected chi connectivity index (χ1v) is 11.2. The van der Waals surface area contributed by atoms with E-state index in [9.17, 15) is 14.4 Å². The number of para-hydroxylation sites is 1. The van der Waals surface area contributed by atoms with Crippen LogP contribution in [-0.2, 0) is 17.9 Å². The van der Waals surface area contributed by atoms with Crippen molar-refractivity contribution in [3.05, 3.63) is 63.2 Å². The van der Waals surface area contributed by atoms with Crippen LogP contribution in [0, 0.1) is 19.8 Å². The Hall–Kier alpha value is -3.55. The number of rotatable bonds is 6. The van der Waals surface area contributed by atoms with E-state index >= 15 is 0 Å². The van der Waals surface area contributed by atoms with Gasteiger partial charge in [0.15, 0.2) is 0 Å². The van der Waals surface area contributed by atoms with Gasteiger partial charge in [0.05, 0.1) is 24.8 Å². The summed E-state index contributed by atoms with van der Waals surface area (Å²) < 4.78 is 7.48. The molecule has 0 radical (unpaired) electrons. The number of carbonyl (C=O) groups is 2. The number of benzene rings is 1. The van der Waals surface area contributed by atoms with Crippen molar-refractivity contribution in [3.8, 4) is 5.75 Å². The van der Waals surface area contributed by atoms with E-state index in [1.807, 2.05) is 38.2 Å². The van der Waals surface area contributed by atoms with Crippen molar-refractivity contribution in [2.75, 3.05) is 20.7 Å². The lowest BCUT2D eigenvalue weighted by atomic mass is 9.96. The van der Waals surface area contributed by atoms with Gasteiger partial charge in [0.1, 0.15) is 5.75 Å². The number of hydrogen-bond acceptors (Lipinski definition) is 4. The summed E-state index contributed by atoms with van der Waals surface area (Å²) >= 11 is 0. The van der Waals surface area contributed by atoms with Crippen LogP contribution in [0.4, 0.5) is 0 Å². The second-order valence-electron chi connectivity index (χ2n) is 8.77. The maximum atomic E-state index is 13.3. The van der Waals surface area contributed by atoms with Crippen LogP contribution in [0.5, 0.6) is 5.75 Å². The number of nitrogens with one attached hydrogen (secondary N) is 2. The van der Waals surface area contributed by atoms with Crippen LogP contribution >= 0.6 is 0 Å². The van der Waals surface area contributed by atoms with Gasteiger partial charge in [0, 0.05) is 48.8 Å². The Bertz CT molecular complexity index is 1270. The number of methoxy groups -OCH3 is 1. The summed E-state index contributed by atoms with van der Waals surface area (Å²) in [6, 6.07) is 9.55. The van der Waals surface area contributed by atoms with Crippen molar-refractivity contribution < 1.29 is 14.3 Å². The summed E-state index contributed by atoms with van der Waals surface area (Å²) in [4.78, 5) is 42.4. The number of ether oxygens (including phenoxy) is 1. The van der Waals surface area contributed by atoms with Gasteiger partial charge < -0.3 is 24.5 Å². The zero-order valence-electron chi connectivity index (χ0n) is 19.5. The number of fused-ring (bicyclic) bond motifs is 1. The standard InChI is InChI=1S/C25H30N4O4/c1-15-11-21(33-4)19(24(31)27-15)13-26-25(32)23-16(2)29(20-8-6-5-7-18(20)23)14-17-9-10-28(3)22(30)12-17/h5-8,11,17H,9-10,12-14H2,1-4H3,(H,26,32)(H,27,31). The highest BCUT2D eigenvalue weighted by Gasteiger charge is 2.26. The molecule has 33 heavy (non-hydrogen) atoms. The number of likely N-dealkylation sites (tertiary alicyclic amines) is 1. The molecule has 1 unspecified atom stereocenters. The highest BCUT2D eigenvalue weighted by molar-refractivity contribution is 6.08. The van der Waals surface area contributed by atoms with Gasteiger partial charge in [0.2, 0.25) is 5.91 Å². The molecule has 0 spiro atoms. The minimum atomic E-state index is -0.279. The van der Waals surface area contributed by atoms with Crippen LogP contribution in [0.25, 0.3) is 10.9 Å². The van der Waals surface area contributed by atoms with Gasteiger partial charge in [0.25, 0.3) is 11.5 Å². The molecule has 0 bridgehead atoms. The lowest BCUT2D eigenvalue weighted by Gasteiger charge is -2.29. The summed E-state index contributed by atoms with van der Waals surface area (Å²) in [5, 5.41) is 3.76. The molecule has 1 fully saturated rings. The molecule has 0 aliphatic carbocycles. The molecule has 1 aliphatic rings. The monoisotopic (exact) mass is 450 g/mol. The van der Waals surface area contributed by atoms with Gasteiger partial charge in [-0.25, -0.2) is 0 Å². The molecule has 8 heteroatoms. The molecule has 2 N–H and O–H groups in total. The quantitative estimate of drug-likeness (QED) is 0.604. The molecule has 174 valence electrons. The van der Waals surface area contributed by atoms with E-state index in [-0.39, 0.29) is 29.8 Å². The molecule has 3 heterocycles. The predicted octanol–water partition coefficient (Wildman–Crippen LogP) is 2.75. The van der Waals surface area contributed by atoms with E-state index < -0.39 is 0 Å². The number of nitrogens with zero attached hydrogens (tertiary/aromatic N) is 2. The normalized spacial score (nSPS) is 16.3. The molecule has 0 saturated carbocycles. The number of carbonyl (C=O) groups excluding carboxylic acids is 2. The molecule has 1 saturated heterocycles. The van der Waals surface area contributed by atoms with Crippen LogP contribution in [0.2, 0.25) is 0 Å². The third kappa shape index (κ3) is 4.37. The Morgan fingerprint density at radius 3 is 2.73 bits per heavy atom. The molecule has 1 aliphatic heterocycles. The van der Waals surface area contributed by atoms with Gasteiger partial charge in [-0.1, -0.05) is 18.2 Å². The number of aromatic amines is 1. The van der Waals surface area contributed by atoms with E-state index in [4.69, 9.17) is 4.74 Å². The zero-order valence-corrected chi connectivity index (χ0v) is 19.5. The van der Waals surface area contributed by atoms with Crippen molar-refractivity contribution in [1.29, 1.82) is 0 Å². The molecular weight excluding hydrogens is 420 g/mol. The number of aromatic nitrogens is 2. The number of hydrogen-bond donors (Lipinski definition) is 2. The van der Waals surface area contributed by atoms with E-state index in [2.05, 4.69) is 14.9 Å². The maximum absolute atomic E-state index is 13.3. The Kier molecular flexibility index (Phi) is 6.26. The summed E-state index contributed by atoms with van der Waals surface area (Å²) in [7, 11) is 3.34. The number of piperidine rings is 1. The summed E-state index contributed by atoms with van der Waals surface area (Å²) in [6.07, 6.45) is 1.45. The Labute approximate surface area is 192 Å². The Morgan fingerprint density at radius 1 is 1.24 bits per heavy atom. The van der Waals surface area contributed by atoms with Crippen molar-refractivity contribution in [2.45, 2.75) is 39.8 Å². The first-order valence-electron chi connectivity index (χ1n) is 11.2. The number of aryl methyl sites for hydroxylation is 1. The van der Waals surface area contributed by atoms with Crippen LogP contribution < -0.4 is 15.6 Å². The molecule has 1 aromatic carbocycles. The second kappa shape index (κ2) is 9.13. The van der Waals surface area contributed by atoms with E-state index in [1.165, 1.54) is 7.11 Å². The smallest absolute Gasteiger partial charge is 0.256 e. The number of H-pyrrole nitrogens is 1. The highest BCUT2D eigenvalue weighted by atomic mass is 16.5. The predicted molar refractivity (Wildman–Crippen MR) is 127 cm³/mol. The van der Waals surface area contributed by atoms with Crippen molar-refractivity contribution in [3.63, 3.8) is 0 Å². The van der Waals surface area contributed by atoms with Gasteiger partial charge >= 0.3 is 0 Å². The number of amides is 2. The lowest BCUT2D eigenvalue weighted by molar-refractivity contribution is -0.133. The van der Waals surface area contributed by atoms with Gasteiger partial charge in [-0.2, -0.15) is 0 Å². The minimum Gasteiger partial charge on any atom is -0.496 e. The average Bonchev–Trinajstić information content (AvgIpc) is 3.06. The topological polar surface area (TPSA) is 96.4 Å². The largest absolute Gasteiger partial charge is 0.496 e. The van der Waals surface area contributed by atoms with Crippen LogP contribution in [0.3, 0.4) is 0 Å². The second-order valence-corrected chi connectivity index (χ2v) is 8.77. The molecule has 3 aromatic rings. The molecule has 8 nitrogen and oxygen atoms in total. The highest BCUT2D eigenvalue weighted by Crippen LogP contribution is 2.29. The Balaban J connectivity index is 1.62. The first-order chi connectivity index (χ1) is 15.8. The number of pyridine rings is 1. The minimum absolute atomic E-state index is 0.0556. The average molecular weight is 451 g/mol. The molecule has 4 rings (SSSR count). The van der Waals surface area contributed by atoms with Crippen LogP contribution in [-0.4, -0.2) is 47.0 Å². The lowest BCUT2D eigenvalue weighted by Crippen LogP contribution is -2.37. The molecule has 2 aromatic heterocycles. The summed E-state index contributed by atoms with van der Waals surface area (Å²) in [5.74, 6) is 0.594. The third-order valence-corrected chi connectivity index (χ3v) is 6.54.